The Hall–Kier alpha value is -2.36. The van der Waals surface area contributed by atoms with Crippen molar-refractivity contribution < 1.29 is 9.18 Å². The molecule has 110 valence electrons. The van der Waals surface area contributed by atoms with Gasteiger partial charge in [-0.15, -0.1) is 0 Å². The highest BCUT2D eigenvalue weighted by atomic mass is 19.1. The Labute approximate surface area is 124 Å². The standard InChI is InChI=1S/C17H19FN2O/c1-12-3-8-16(13(2)11-12)20-17(21)9-10-19-15-6-4-14(18)5-7-15/h3-8,11,19H,9-10H2,1-2H3,(H,20,21). The lowest BCUT2D eigenvalue weighted by atomic mass is 10.1. The van der Waals surface area contributed by atoms with E-state index in [1.165, 1.54) is 17.7 Å². The third-order valence-corrected chi connectivity index (χ3v) is 3.18. The number of nitrogens with one attached hydrogen (secondary N) is 2. The first kappa shape index (κ1) is 15.0. The lowest BCUT2D eigenvalue weighted by Gasteiger charge is -2.10. The molecule has 2 aromatic carbocycles. The van der Waals surface area contributed by atoms with Gasteiger partial charge in [0.2, 0.25) is 5.91 Å². The van der Waals surface area contributed by atoms with E-state index < -0.39 is 0 Å². The number of hydrogen-bond donors (Lipinski definition) is 2. The quantitative estimate of drug-likeness (QED) is 0.875. The molecule has 0 bridgehead atoms. The fourth-order valence-corrected chi connectivity index (χ4v) is 2.05. The number of carbonyl (C=O) groups is 1. The van der Waals surface area contributed by atoms with Crippen molar-refractivity contribution in [3.63, 3.8) is 0 Å². The maximum atomic E-state index is 12.8. The summed E-state index contributed by atoms with van der Waals surface area (Å²) in [5, 5.41) is 5.98. The number of carbonyl (C=O) groups excluding carboxylic acids is 1. The Morgan fingerprint density at radius 3 is 2.48 bits per heavy atom. The van der Waals surface area contributed by atoms with Gasteiger partial charge in [0.1, 0.15) is 5.82 Å². The van der Waals surface area contributed by atoms with Crippen LogP contribution < -0.4 is 10.6 Å². The third-order valence-electron chi connectivity index (χ3n) is 3.18. The van der Waals surface area contributed by atoms with Crippen molar-refractivity contribution in [1.29, 1.82) is 0 Å². The Morgan fingerprint density at radius 1 is 1.10 bits per heavy atom. The van der Waals surface area contributed by atoms with Crippen LogP contribution in [-0.4, -0.2) is 12.5 Å². The van der Waals surface area contributed by atoms with Crippen molar-refractivity contribution in [2.24, 2.45) is 0 Å². The Morgan fingerprint density at radius 2 is 1.81 bits per heavy atom. The molecule has 0 unspecified atom stereocenters. The number of amides is 1. The van der Waals surface area contributed by atoms with Crippen LogP contribution in [0, 0.1) is 19.7 Å². The van der Waals surface area contributed by atoms with Crippen molar-refractivity contribution >= 4 is 17.3 Å². The van der Waals surface area contributed by atoms with Crippen LogP contribution in [0.25, 0.3) is 0 Å². The van der Waals surface area contributed by atoms with E-state index in [2.05, 4.69) is 10.6 Å². The van der Waals surface area contributed by atoms with Gasteiger partial charge >= 0.3 is 0 Å². The second-order valence-electron chi connectivity index (χ2n) is 5.05. The largest absolute Gasteiger partial charge is 0.385 e. The first-order valence-corrected chi connectivity index (χ1v) is 6.91. The Kier molecular flexibility index (Phi) is 4.93. The van der Waals surface area contributed by atoms with E-state index in [-0.39, 0.29) is 11.7 Å². The topological polar surface area (TPSA) is 41.1 Å². The number of halogens is 1. The summed E-state index contributed by atoms with van der Waals surface area (Å²) < 4.78 is 12.8. The molecule has 0 fully saturated rings. The molecule has 0 aliphatic carbocycles. The van der Waals surface area contributed by atoms with Gasteiger partial charge in [0.05, 0.1) is 0 Å². The van der Waals surface area contributed by atoms with Crippen LogP contribution in [0.1, 0.15) is 17.5 Å². The van der Waals surface area contributed by atoms with Crippen LogP contribution in [0.5, 0.6) is 0 Å². The summed E-state index contributed by atoms with van der Waals surface area (Å²) in [6, 6.07) is 12.0. The predicted octanol–water partition coefficient (Wildman–Crippen LogP) is 3.88. The molecule has 3 nitrogen and oxygen atoms in total. The summed E-state index contributed by atoms with van der Waals surface area (Å²) >= 11 is 0. The Bertz CT molecular complexity index is 623. The molecule has 0 aliphatic rings. The normalized spacial score (nSPS) is 10.2. The van der Waals surface area contributed by atoms with E-state index in [9.17, 15) is 9.18 Å². The number of rotatable bonds is 5. The van der Waals surface area contributed by atoms with E-state index in [0.717, 1.165) is 16.9 Å². The third kappa shape index (κ3) is 4.60. The van der Waals surface area contributed by atoms with Gasteiger partial charge < -0.3 is 10.6 Å². The van der Waals surface area contributed by atoms with Gasteiger partial charge in [0.15, 0.2) is 0 Å². The zero-order chi connectivity index (χ0) is 15.2. The average Bonchev–Trinajstić information content (AvgIpc) is 2.44. The summed E-state index contributed by atoms with van der Waals surface area (Å²) in [6.07, 6.45) is 0.352. The first-order valence-electron chi connectivity index (χ1n) is 6.91. The van der Waals surface area contributed by atoms with Gasteiger partial charge in [0, 0.05) is 24.3 Å². The molecule has 2 rings (SSSR count). The summed E-state index contributed by atoms with van der Waals surface area (Å²) in [5.74, 6) is -0.315. The summed E-state index contributed by atoms with van der Waals surface area (Å²) in [4.78, 5) is 11.9. The molecule has 0 heterocycles. The van der Waals surface area contributed by atoms with Gasteiger partial charge in [0.25, 0.3) is 0 Å². The van der Waals surface area contributed by atoms with Crippen molar-refractivity contribution in [1.82, 2.24) is 0 Å². The molecule has 21 heavy (non-hydrogen) atoms. The minimum Gasteiger partial charge on any atom is -0.385 e. The Balaban J connectivity index is 1.81. The first-order chi connectivity index (χ1) is 10.0. The van der Waals surface area contributed by atoms with Gasteiger partial charge in [-0.05, 0) is 49.7 Å². The molecule has 4 heteroatoms. The maximum Gasteiger partial charge on any atom is 0.226 e. The highest BCUT2D eigenvalue weighted by Gasteiger charge is 2.04. The SMILES string of the molecule is Cc1ccc(NC(=O)CCNc2ccc(F)cc2)c(C)c1. The molecule has 1 amide bonds. The molecule has 2 aromatic rings. The van der Waals surface area contributed by atoms with E-state index in [4.69, 9.17) is 0 Å². The molecule has 0 radical (unpaired) electrons. The molecule has 0 saturated carbocycles. The van der Waals surface area contributed by atoms with Crippen molar-refractivity contribution in [3.8, 4) is 0 Å². The molecule has 0 saturated heterocycles. The van der Waals surface area contributed by atoms with E-state index >= 15 is 0 Å². The molecular formula is C17H19FN2O. The van der Waals surface area contributed by atoms with Crippen molar-refractivity contribution in [2.75, 3.05) is 17.2 Å². The fraction of sp³-hybridized carbons (Fsp3) is 0.235. The van der Waals surface area contributed by atoms with Gasteiger partial charge in [-0.2, -0.15) is 0 Å². The second-order valence-corrected chi connectivity index (χ2v) is 5.05. The zero-order valence-electron chi connectivity index (χ0n) is 12.2. The highest BCUT2D eigenvalue weighted by molar-refractivity contribution is 5.91. The van der Waals surface area contributed by atoms with Crippen LogP contribution in [-0.2, 0) is 4.79 Å². The minimum atomic E-state index is -0.270. The lowest BCUT2D eigenvalue weighted by molar-refractivity contribution is -0.115. The number of benzene rings is 2. The van der Waals surface area contributed by atoms with Gasteiger partial charge in [-0.1, -0.05) is 17.7 Å². The molecule has 0 aliphatic heterocycles. The number of anilines is 2. The second kappa shape index (κ2) is 6.88. The lowest BCUT2D eigenvalue weighted by Crippen LogP contribution is -2.16. The monoisotopic (exact) mass is 286 g/mol. The van der Waals surface area contributed by atoms with E-state index in [1.807, 2.05) is 32.0 Å². The van der Waals surface area contributed by atoms with Crippen molar-refractivity contribution in [2.45, 2.75) is 20.3 Å². The predicted molar refractivity (Wildman–Crippen MR) is 84.1 cm³/mol. The van der Waals surface area contributed by atoms with Gasteiger partial charge in [-0.3, -0.25) is 4.79 Å². The van der Waals surface area contributed by atoms with E-state index in [0.29, 0.717) is 13.0 Å². The summed E-state index contributed by atoms with van der Waals surface area (Å²) in [5.41, 5.74) is 3.86. The summed E-state index contributed by atoms with van der Waals surface area (Å²) in [6.45, 7) is 4.49. The fourth-order valence-electron chi connectivity index (χ4n) is 2.05. The van der Waals surface area contributed by atoms with Crippen LogP contribution in [0.2, 0.25) is 0 Å². The minimum absolute atomic E-state index is 0.0448. The van der Waals surface area contributed by atoms with Crippen LogP contribution in [0.15, 0.2) is 42.5 Å². The molecule has 0 aromatic heterocycles. The molecule has 0 atom stereocenters. The molecular weight excluding hydrogens is 267 g/mol. The highest BCUT2D eigenvalue weighted by Crippen LogP contribution is 2.16. The van der Waals surface area contributed by atoms with Gasteiger partial charge in [-0.25, -0.2) is 4.39 Å². The number of aryl methyl sites for hydroxylation is 2. The smallest absolute Gasteiger partial charge is 0.226 e. The molecule has 0 spiro atoms. The van der Waals surface area contributed by atoms with Crippen LogP contribution in [0.4, 0.5) is 15.8 Å². The number of hydrogen-bond acceptors (Lipinski definition) is 2. The van der Waals surface area contributed by atoms with E-state index in [1.54, 1.807) is 12.1 Å². The average molecular weight is 286 g/mol. The van der Waals surface area contributed by atoms with Crippen LogP contribution in [0.3, 0.4) is 0 Å². The molecule has 2 N–H and O–H groups in total. The summed E-state index contributed by atoms with van der Waals surface area (Å²) in [7, 11) is 0. The van der Waals surface area contributed by atoms with Crippen LogP contribution >= 0.6 is 0 Å². The van der Waals surface area contributed by atoms with Crippen molar-refractivity contribution in [3.05, 3.63) is 59.4 Å². The maximum absolute atomic E-state index is 12.8. The zero-order valence-corrected chi connectivity index (χ0v) is 12.2.